The van der Waals surface area contributed by atoms with Gasteiger partial charge in [-0.25, -0.2) is 4.57 Å². The van der Waals surface area contributed by atoms with Crippen molar-refractivity contribution in [2.75, 3.05) is 13.2 Å². The van der Waals surface area contributed by atoms with Crippen LogP contribution in [0.2, 0.25) is 0 Å². The maximum absolute atomic E-state index is 13.0. The van der Waals surface area contributed by atoms with Crippen LogP contribution in [-0.4, -0.2) is 34.1 Å². The first-order chi connectivity index (χ1) is 12.0. The number of aliphatic hydroxyl groups is 1. The lowest BCUT2D eigenvalue weighted by atomic mass is 10.1. The maximum atomic E-state index is 13.0. The molecule has 25 heavy (non-hydrogen) atoms. The number of aromatic nitrogens is 1. The number of nitrogens with zero attached hydrogens (tertiary/aromatic N) is 2. The zero-order valence-electron chi connectivity index (χ0n) is 14.2. The van der Waals surface area contributed by atoms with E-state index in [1.807, 2.05) is 38.1 Å². The van der Waals surface area contributed by atoms with Crippen molar-refractivity contribution in [3.63, 3.8) is 0 Å². The highest BCUT2D eigenvalue weighted by molar-refractivity contribution is 6.01. The maximum Gasteiger partial charge on any atom is 0.265 e. The number of rotatable bonds is 4. The van der Waals surface area contributed by atoms with Crippen molar-refractivity contribution in [1.82, 2.24) is 4.57 Å². The average Bonchev–Trinajstić information content (AvgIpc) is 2.60. The molecule has 0 saturated carbocycles. The predicted molar refractivity (Wildman–Crippen MR) is 100 cm³/mol. The molecule has 0 aliphatic rings. The molecule has 128 valence electrons. The first kappa shape index (κ1) is 16.9. The third-order valence-electron chi connectivity index (χ3n) is 4.15. The minimum atomic E-state index is -0.278. The summed E-state index contributed by atoms with van der Waals surface area (Å²) in [6.07, 6.45) is 1.51. The smallest absolute Gasteiger partial charge is 0.265 e. The lowest BCUT2D eigenvalue weighted by Crippen LogP contribution is -2.21. The fraction of sp³-hybridized carbons (Fsp3) is 0.200. The van der Waals surface area contributed by atoms with Gasteiger partial charge in [-0.2, -0.15) is 0 Å². The van der Waals surface area contributed by atoms with E-state index in [1.165, 1.54) is 10.8 Å². The van der Waals surface area contributed by atoms with Gasteiger partial charge in [-0.15, -0.1) is 0 Å². The van der Waals surface area contributed by atoms with E-state index in [0.29, 0.717) is 22.0 Å². The molecule has 5 nitrogen and oxygen atoms in total. The molecule has 0 radical (unpaired) electrons. The van der Waals surface area contributed by atoms with Gasteiger partial charge in [-0.3, -0.25) is 9.79 Å². The van der Waals surface area contributed by atoms with Crippen molar-refractivity contribution in [3.05, 3.63) is 69.5 Å². The number of hydrogen-bond acceptors (Lipinski definition) is 4. The predicted octanol–water partition coefficient (Wildman–Crippen LogP) is 2.72. The summed E-state index contributed by atoms with van der Waals surface area (Å²) in [5, 5.41) is 20.9. The number of aryl methyl sites for hydroxylation is 2. The van der Waals surface area contributed by atoms with Crippen LogP contribution >= 0.6 is 0 Å². The molecule has 1 aromatic heterocycles. The van der Waals surface area contributed by atoms with E-state index in [0.717, 1.165) is 11.1 Å². The Morgan fingerprint density at radius 1 is 1.12 bits per heavy atom. The second-order valence-corrected chi connectivity index (χ2v) is 5.97. The summed E-state index contributed by atoms with van der Waals surface area (Å²) in [5.41, 5.74) is 2.80. The molecule has 0 spiro atoms. The summed E-state index contributed by atoms with van der Waals surface area (Å²) in [5.74, 6) is -0.155. The van der Waals surface area contributed by atoms with Gasteiger partial charge in [0.2, 0.25) is 5.88 Å². The van der Waals surface area contributed by atoms with E-state index < -0.39 is 0 Å². The van der Waals surface area contributed by atoms with E-state index in [1.54, 1.807) is 18.2 Å². The summed E-state index contributed by atoms with van der Waals surface area (Å²) in [6, 6.07) is 12.8. The average molecular weight is 336 g/mol. The summed E-state index contributed by atoms with van der Waals surface area (Å²) in [6.45, 7) is 4.04. The Bertz CT molecular complexity index is 1020. The molecular formula is C20H20N2O3. The molecule has 0 unspecified atom stereocenters. The molecule has 0 bridgehead atoms. The number of aliphatic imine (C=N–C) groups is 1. The molecule has 0 aliphatic heterocycles. The van der Waals surface area contributed by atoms with Gasteiger partial charge < -0.3 is 10.2 Å². The minimum absolute atomic E-state index is 0.0775. The van der Waals surface area contributed by atoms with Gasteiger partial charge in [0.05, 0.1) is 24.4 Å². The van der Waals surface area contributed by atoms with Crippen LogP contribution in [0.1, 0.15) is 16.7 Å². The van der Waals surface area contributed by atoms with Gasteiger partial charge in [0.25, 0.3) is 5.56 Å². The Kier molecular flexibility index (Phi) is 4.67. The van der Waals surface area contributed by atoms with Gasteiger partial charge in [0, 0.05) is 17.0 Å². The number of pyridine rings is 1. The van der Waals surface area contributed by atoms with Gasteiger partial charge in [0.1, 0.15) is 0 Å². The van der Waals surface area contributed by atoms with Crippen LogP contribution in [0.3, 0.4) is 0 Å². The van der Waals surface area contributed by atoms with Gasteiger partial charge in [-0.1, -0.05) is 35.9 Å². The normalized spacial score (nSPS) is 11.5. The molecule has 5 heteroatoms. The van der Waals surface area contributed by atoms with Crippen LogP contribution in [-0.2, 0) is 0 Å². The molecule has 0 atom stereocenters. The van der Waals surface area contributed by atoms with Crippen LogP contribution in [0, 0.1) is 13.8 Å². The van der Waals surface area contributed by atoms with Gasteiger partial charge >= 0.3 is 0 Å². The van der Waals surface area contributed by atoms with E-state index in [4.69, 9.17) is 5.11 Å². The zero-order chi connectivity index (χ0) is 18.0. The number of fused-ring (bicyclic) bond motifs is 1. The number of benzene rings is 2. The number of hydrogen-bond donors (Lipinski definition) is 2. The largest absolute Gasteiger partial charge is 0.494 e. The Labute approximate surface area is 145 Å². The van der Waals surface area contributed by atoms with Crippen molar-refractivity contribution in [2.45, 2.75) is 13.8 Å². The molecule has 3 aromatic rings. The standard InChI is InChI=1S/C20H20N2O3/c1-13-7-8-18(14(2)11-13)22-19(24)16-6-4-3-5-15(16)17(20(22)25)12-21-9-10-23/h3-8,11-12,23,25H,9-10H2,1-2H3. The Morgan fingerprint density at radius 2 is 1.84 bits per heavy atom. The topological polar surface area (TPSA) is 74.8 Å². The van der Waals surface area contributed by atoms with E-state index in [-0.39, 0.29) is 24.6 Å². The van der Waals surface area contributed by atoms with E-state index in [9.17, 15) is 9.90 Å². The highest BCUT2D eigenvalue weighted by Gasteiger charge is 2.17. The monoisotopic (exact) mass is 336 g/mol. The first-order valence-corrected chi connectivity index (χ1v) is 8.09. The van der Waals surface area contributed by atoms with Crippen molar-refractivity contribution >= 4 is 17.0 Å². The third kappa shape index (κ3) is 3.06. The summed E-state index contributed by atoms with van der Waals surface area (Å²) in [4.78, 5) is 17.1. The Balaban J connectivity index is 2.38. The first-order valence-electron chi connectivity index (χ1n) is 8.09. The fourth-order valence-electron chi connectivity index (χ4n) is 2.98. The van der Waals surface area contributed by atoms with Crippen LogP contribution in [0.5, 0.6) is 5.88 Å². The third-order valence-corrected chi connectivity index (χ3v) is 4.15. The van der Waals surface area contributed by atoms with Gasteiger partial charge in [0.15, 0.2) is 0 Å². The summed E-state index contributed by atoms with van der Waals surface area (Å²) >= 11 is 0. The number of aromatic hydroxyl groups is 1. The molecular weight excluding hydrogens is 316 g/mol. The van der Waals surface area contributed by atoms with Crippen LogP contribution < -0.4 is 5.56 Å². The SMILES string of the molecule is Cc1ccc(-n2c(O)c(C=NCCO)c3ccccc3c2=O)c(C)c1. The fourth-order valence-corrected chi connectivity index (χ4v) is 2.98. The van der Waals surface area contributed by atoms with Crippen molar-refractivity contribution < 1.29 is 10.2 Å². The van der Waals surface area contributed by atoms with Crippen LogP contribution in [0.4, 0.5) is 0 Å². The zero-order valence-corrected chi connectivity index (χ0v) is 14.2. The van der Waals surface area contributed by atoms with Crippen LogP contribution in [0.15, 0.2) is 52.3 Å². The Morgan fingerprint density at radius 3 is 2.52 bits per heavy atom. The van der Waals surface area contributed by atoms with Crippen molar-refractivity contribution in [1.29, 1.82) is 0 Å². The summed E-state index contributed by atoms with van der Waals surface area (Å²) < 4.78 is 1.32. The Hall–Kier alpha value is -2.92. The minimum Gasteiger partial charge on any atom is -0.494 e. The van der Waals surface area contributed by atoms with Crippen molar-refractivity contribution in [2.24, 2.45) is 4.99 Å². The quantitative estimate of drug-likeness (QED) is 0.719. The van der Waals surface area contributed by atoms with E-state index >= 15 is 0 Å². The molecule has 2 aromatic carbocycles. The lowest BCUT2D eigenvalue weighted by Gasteiger charge is -2.15. The molecule has 2 N–H and O–H groups in total. The van der Waals surface area contributed by atoms with Crippen molar-refractivity contribution in [3.8, 4) is 11.6 Å². The number of aliphatic hydroxyl groups excluding tert-OH is 1. The molecule has 1 heterocycles. The highest BCUT2D eigenvalue weighted by Crippen LogP contribution is 2.27. The molecule has 0 saturated heterocycles. The second-order valence-electron chi connectivity index (χ2n) is 5.97. The van der Waals surface area contributed by atoms with Gasteiger partial charge in [-0.05, 0) is 31.5 Å². The second kappa shape index (κ2) is 6.91. The van der Waals surface area contributed by atoms with Crippen LogP contribution in [0.25, 0.3) is 16.5 Å². The lowest BCUT2D eigenvalue weighted by molar-refractivity contribution is 0.307. The molecule has 3 rings (SSSR count). The van der Waals surface area contributed by atoms with E-state index in [2.05, 4.69) is 4.99 Å². The molecule has 0 fully saturated rings. The molecule has 0 aliphatic carbocycles. The summed E-state index contributed by atoms with van der Waals surface area (Å²) in [7, 11) is 0. The highest BCUT2D eigenvalue weighted by atomic mass is 16.3. The molecule has 0 amide bonds.